The van der Waals surface area contributed by atoms with Crippen molar-refractivity contribution in [1.29, 1.82) is 0 Å². The standard InChI is InChI=1S/C19H22N4O/c1-11-6-7-15(12(2)8-11)14(4)22-19(24)16-9-13(3)21-18-17(16)10-20-23(18)5/h6-10,14H,1-5H3,(H,22,24)/t14-/m1/s1. The summed E-state index contributed by atoms with van der Waals surface area (Å²) in [6.45, 7) is 8.03. The van der Waals surface area contributed by atoms with Crippen molar-refractivity contribution in [2.75, 3.05) is 0 Å². The highest BCUT2D eigenvalue weighted by Crippen LogP contribution is 2.21. The molecule has 1 N–H and O–H groups in total. The smallest absolute Gasteiger partial charge is 0.252 e. The lowest BCUT2D eigenvalue weighted by Crippen LogP contribution is -2.27. The van der Waals surface area contributed by atoms with E-state index in [2.05, 4.69) is 47.4 Å². The van der Waals surface area contributed by atoms with E-state index in [0.29, 0.717) is 5.56 Å². The topological polar surface area (TPSA) is 59.8 Å². The lowest BCUT2D eigenvalue weighted by atomic mass is 10.00. The molecule has 0 aliphatic rings. The van der Waals surface area contributed by atoms with E-state index in [9.17, 15) is 4.79 Å². The third-order valence-corrected chi connectivity index (χ3v) is 4.32. The summed E-state index contributed by atoms with van der Waals surface area (Å²) in [5.74, 6) is -0.106. The highest BCUT2D eigenvalue weighted by Gasteiger charge is 2.18. The van der Waals surface area contributed by atoms with E-state index < -0.39 is 0 Å². The van der Waals surface area contributed by atoms with Crippen molar-refractivity contribution >= 4 is 16.9 Å². The van der Waals surface area contributed by atoms with Crippen LogP contribution >= 0.6 is 0 Å². The molecule has 0 spiro atoms. The van der Waals surface area contributed by atoms with Gasteiger partial charge in [0.15, 0.2) is 5.65 Å². The molecule has 124 valence electrons. The van der Waals surface area contributed by atoms with Crippen LogP contribution in [-0.4, -0.2) is 20.7 Å². The van der Waals surface area contributed by atoms with Gasteiger partial charge in [0.1, 0.15) is 0 Å². The predicted molar refractivity (Wildman–Crippen MR) is 95.0 cm³/mol. The number of pyridine rings is 1. The molecule has 3 rings (SSSR count). The van der Waals surface area contributed by atoms with Gasteiger partial charge in [0.05, 0.1) is 23.2 Å². The van der Waals surface area contributed by atoms with E-state index in [1.807, 2.05) is 27.0 Å². The number of aryl methyl sites for hydroxylation is 4. The summed E-state index contributed by atoms with van der Waals surface area (Å²) in [5, 5.41) is 8.08. The summed E-state index contributed by atoms with van der Waals surface area (Å²) in [4.78, 5) is 17.3. The van der Waals surface area contributed by atoms with Crippen molar-refractivity contribution in [3.63, 3.8) is 0 Å². The second-order valence-corrected chi connectivity index (χ2v) is 6.37. The first-order valence-electron chi connectivity index (χ1n) is 8.04. The van der Waals surface area contributed by atoms with Gasteiger partial charge >= 0.3 is 0 Å². The Bertz CT molecular complexity index is 927. The van der Waals surface area contributed by atoms with Crippen LogP contribution in [0.15, 0.2) is 30.5 Å². The first-order valence-corrected chi connectivity index (χ1v) is 8.04. The number of fused-ring (bicyclic) bond motifs is 1. The van der Waals surface area contributed by atoms with Crippen LogP contribution in [0.3, 0.4) is 0 Å². The number of hydrogen-bond acceptors (Lipinski definition) is 3. The van der Waals surface area contributed by atoms with E-state index >= 15 is 0 Å². The quantitative estimate of drug-likeness (QED) is 0.804. The normalized spacial score (nSPS) is 12.4. The summed E-state index contributed by atoms with van der Waals surface area (Å²) < 4.78 is 1.69. The summed E-state index contributed by atoms with van der Waals surface area (Å²) in [6.07, 6.45) is 1.69. The first-order chi connectivity index (χ1) is 11.4. The summed E-state index contributed by atoms with van der Waals surface area (Å²) in [7, 11) is 1.83. The number of nitrogens with zero attached hydrogens (tertiary/aromatic N) is 3. The number of nitrogens with one attached hydrogen (secondary N) is 1. The van der Waals surface area contributed by atoms with Crippen LogP contribution in [0.2, 0.25) is 0 Å². The number of carbonyl (C=O) groups excluding carboxylic acids is 1. The zero-order valence-electron chi connectivity index (χ0n) is 14.7. The second kappa shape index (κ2) is 6.07. The number of benzene rings is 1. The molecule has 5 heteroatoms. The molecule has 1 aromatic carbocycles. The van der Waals surface area contributed by atoms with Gasteiger partial charge in [-0.3, -0.25) is 9.48 Å². The number of hydrogen-bond donors (Lipinski definition) is 1. The van der Waals surface area contributed by atoms with Crippen molar-refractivity contribution < 1.29 is 4.79 Å². The Hall–Kier alpha value is -2.69. The van der Waals surface area contributed by atoms with Crippen LogP contribution in [0, 0.1) is 20.8 Å². The minimum atomic E-state index is -0.106. The maximum Gasteiger partial charge on any atom is 0.252 e. The molecule has 3 aromatic rings. The molecule has 0 saturated heterocycles. The van der Waals surface area contributed by atoms with Gasteiger partial charge in [-0.05, 0) is 44.9 Å². The molecule has 0 aliphatic heterocycles. The summed E-state index contributed by atoms with van der Waals surface area (Å²) in [5.41, 5.74) is 5.66. The molecular formula is C19H22N4O. The van der Waals surface area contributed by atoms with Gasteiger partial charge in [0, 0.05) is 12.7 Å². The van der Waals surface area contributed by atoms with Crippen LogP contribution < -0.4 is 5.32 Å². The van der Waals surface area contributed by atoms with Crippen LogP contribution in [0.1, 0.15) is 45.7 Å². The number of aromatic nitrogens is 3. The molecule has 24 heavy (non-hydrogen) atoms. The van der Waals surface area contributed by atoms with Gasteiger partial charge in [-0.2, -0.15) is 5.10 Å². The average Bonchev–Trinajstić information content (AvgIpc) is 2.87. The zero-order chi connectivity index (χ0) is 17.4. The molecule has 1 amide bonds. The zero-order valence-corrected chi connectivity index (χ0v) is 14.7. The van der Waals surface area contributed by atoms with E-state index in [-0.39, 0.29) is 11.9 Å². The highest BCUT2D eigenvalue weighted by molar-refractivity contribution is 6.05. The molecule has 0 radical (unpaired) electrons. The van der Waals surface area contributed by atoms with E-state index in [4.69, 9.17) is 0 Å². The fourth-order valence-electron chi connectivity index (χ4n) is 3.09. The Morgan fingerprint density at radius 3 is 2.67 bits per heavy atom. The van der Waals surface area contributed by atoms with Crippen molar-refractivity contribution in [3.8, 4) is 0 Å². The fraction of sp³-hybridized carbons (Fsp3) is 0.316. The third-order valence-electron chi connectivity index (χ3n) is 4.32. The number of amides is 1. The average molecular weight is 322 g/mol. The molecular weight excluding hydrogens is 300 g/mol. The van der Waals surface area contributed by atoms with Gasteiger partial charge in [-0.25, -0.2) is 4.98 Å². The highest BCUT2D eigenvalue weighted by atomic mass is 16.1. The van der Waals surface area contributed by atoms with Gasteiger partial charge in [-0.15, -0.1) is 0 Å². The Labute approximate surface area is 141 Å². The molecule has 0 bridgehead atoms. The third kappa shape index (κ3) is 2.89. The fourth-order valence-corrected chi connectivity index (χ4v) is 3.09. The predicted octanol–water partition coefficient (Wildman–Crippen LogP) is 3.38. The largest absolute Gasteiger partial charge is 0.345 e. The van der Waals surface area contributed by atoms with E-state index in [0.717, 1.165) is 22.3 Å². The number of rotatable bonds is 3. The SMILES string of the molecule is Cc1ccc([C@@H](C)NC(=O)c2cc(C)nc3c2cnn3C)c(C)c1. The molecule has 0 fully saturated rings. The van der Waals surface area contributed by atoms with Gasteiger partial charge in [-0.1, -0.05) is 23.8 Å². The van der Waals surface area contributed by atoms with Crippen LogP contribution in [-0.2, 0) is 7.05 Å². The Morgan fingerprint density at radius 2 is 1.96 bits per heavy atom. The molecule has 5 nitrogen and oxygen atoms in total. The van der Waals surface area contributed by atoms with E-state index in [1.165, 1.54) is 11.1 Å². The monoisotopic (exact) mass is 322 g/mol. The minimum Gasteiger partial charge on any atom is -0.345 e. The van der Waals surface area contributed by atoms with Crippen molar-refractivity contribution in [2.24, 2.45) is 7.05 Å². The van der Waals surface area contributed by atoms with E-state index in [1.54, 1.807) is 10.9 Å². The van der Waals surface area contributed by atoms with Crippen LogP contribution in [0.25, 0.3) is 11.0 Å². The maximum absolute atomic E-state index is 12.8. The molecule has 1 atom stereocenters. The molecule has 2 aromatic heterocycles. The van der Waals surface area contributed by atoms with Gasteiger partial charge < -0.3 is 5.32 Å². The van der Waals surface area contributed by atoms with Crippen molar-refractivity contribution in [1.82, 2.24) is 20.1 Å². The first kappa shape index (κ1) is 16.2. The maximum atomic E-state index is 12.8. The van der Waals surface area contributed by atoms with Crippen molar-refractivity contribution in [2.45, 2.75) is 33.7 Å². The van der Waals surface area contributed by atoms with Crippen molar-refractivity contribution in [3.05, 3.63) is 58.4 Å². The molecule has 0 aliphatic carbocycles. The summed E-state index contributed by atoms with van der Waals surface area (Å²) in [6, 6.07) is 8.02. The Kier molecular flexibility index (Phi) is 4.09. The lowest BCUT2D eigenvalue weighted by Gasteiger charge is -2.17. The minimum absolute atomic E-state index is 0.0710. The molecule has 0 unspecified atom stereocenters. The van der Waals surface area contributed by atoms with Crippen LogP contribution in [0.5, 0.6) is 0 Å². The van der Waals surface area contributed by atoms with Gasteiger partial charge in [0.2, 0.25) is 0 Å². The summed E-state index contributed by atoms with van der Waals surface area (Å²) >= 11 is 0. The number of carbonyl (C=O) groups is 1. The lowest BCUT2D eigenvalue weighted by molar-refractivity contribution is 0.0941. The molecule has 0 saturated carbocycles. The Balaban J connectivity index is 1.92. The van der Waals surface area contributed by atoms with Gasteiger partial charge in [0.25, 0.3) is 5.91 Å². The van der Waals surface area contributed by atoms with Crippen LogP contribution in [0.4, 0.5) is 0 Å². The Morgan fingerprint density at radius 1 is 1.21 bits per heavy atom. The molecule has 2 heterocycles. The second-order valence-electron chi connectivity index (χ2n) is 6.37.